The molecule has 0 saturated heterocycles. The standard InChI is InChI=1S/2C17H22.C16H20O.2C16H20.2C15H20O/c1-11-12-7-5-9-14(12)16(17(2,3)4)15-10-6-8-13(11)15;1-11-8-9-14-15(11)10-12-6-5-7-13(12)16(14)17(2,3)4;1-16(2,3)15-12-6-4-5-10(12)9-11-7-8-13(17)14(11)15;2*1-16(2,3)15-13-8-4-6-11(13)10-12-7-5-9-14(12)15;1-15(2,3)13-12-6-4-5-10(12)9-11-7-8-16-14(11)13;1-15(2,3)14-11-6-4-5-10(11)9-13-12(14)7-8-16-13/h5,9H,6-8,10H2,1-4H3;10H,1,5-9H2,2-4H3;9H,4-8H2,1-3H3;4,8,10H,5-7,9H2,1-3H3;4,6,10H,5,7-9H2,1-3H3;2*9H,4-8H2,1-3H3. The van der Waals surface area contributed by atoms with Crippen LogP contribution in [-0.2, 0) is 173 Å². The molecule has 0 atom stereocenters. The van der Waals surface area contributed by atoms with Gasteiger partial charge in [0.2, 0.25) is 0 Å². The Morgan fingerprint density at radius 3 is 1.26 bits per heavy atom. The average Bonchev–Trinajstić information content (AvgIpc) is 1.63. The Hall–Kier alpha value is -7.23. The van der Waals surface area contributed by atoms with Crippen molar-refractivity contribution in [2.24, 2.45) is 0 Å². The predicted molar refractivity (Wildman–Crippen MR) is 492 cm³/mol. The van der Waals surface area contributed by atoms with Gasteiger partial charge in [-0.2, -0.15) is 0 Å². The van der Waals surface area contributed by atoms with Crippen molar-refractivity contribution in [1.82, 2.24) is 0 Å². The molecule has 0 amide bonds. The maximum absolute atomic E-state index is 12.1. The average molecular weight is 1540 g/mol. The van der Waals surface area contributed by atoms with Crippen LogP contribution in [0.2, 0.25) is 0 Å². The van der Waals surface area contributed by atoms with E-state index in [1.54, 1.807) is 128 Å². The van der Waals surface area contributed by atoms with E-state index >= 15 is 0 Å². The van der Waals surface area contributed by atoms with Crippen molar-refractivity contribution < 1.29 is 14.3 Å². The van der Waals surface area contributed by atoms with Gasteiger partial charge in [0.1, 0.15) is 11.5 Å². The molecule has 610 valence electrons. The van der Waals surface area contributed by atoms with E-state index in [-0.39, 0.29) is 32.5 Å². The maximum Gasteiger partial charge on any atom is 0.163 e. The summed E-state index contributed by atoms with van der Waals surface area (Å²) in [4.78, 5) is 12.1. The molecular formula is C112H144O3. The first-order valence-corrected chi connectivity index (χ1v) is 46.0. The van der Waals surface area contributed by atoms with E-state index in [9.17, 15) is 4.79 Å². The molecule has 2 heterocycles. The molecule has 0 radical (unpaired) electrons. The van der Waals surface area contributed by atoms with Gasteiger partial charge in [0, 0.05) is 36.0 Å². The van der Waals surface area contributed by atoms with E-state index in [1.165, 1.54) is 220 Å². The van der Waals surface area contributed by atoms with Crippen molar-refractivity contribution in [2.75, 3.05) is 13.2 Å². The van der Waals surface area contributed by atoms with Crippen molar-refractivity contribution in [3.8, 4) is 11.5 Å². The molecule has 115 heavy (non-hydrogen) atoms. The molecule has 12 aliphatic carbocycles. The first kappa shape index (κ1) is 82.9. The first-order chi connectivity index (χ1) is 54.2. The van der Waals surface area contributed by atoms with Crippen molar-refractivity contribution in [1.29, 1.82) is 0 Å². The highest BCUT2D eigenvalue weighted by molar-refractivity contribution is 6.02. The van der Waals surface area contributed by atoms with Crippen LogP contribution in [0.3, 0.4) is 0 Å². The number of aryl methyl sites for hydroxylation is 7. The van der Waals surface area contributed by atoms with Crippen molar-refractivity contribution in [2.45, 2.75) is 383 Å². The van der Waals surface area contributed by atoms with E-state index < -0.39 is 0 Å². The van der Waals surface area contributed by atoms with Crippen LogP contribution in [0.1, 0.15) is 397 Å². The fourth-order valence-corrected chi connectivity index (χ4v) is 24.2. The maximum atomic E-state index is 12.1. The Labute approximate surface area is 697 Å². The summed E-state index contributed by atoms with van der Waals surface area (Å²) in [5, 5.41) is 0. The minimum Gasteiger partial charge on any atom is -0.493 e. The zero-order valence-corrected chi connectivity index (χ0v) is 76.0. The molecule has 0 aromatic heterocycles. The minimum atomic E-state index is 0.0970. The molecule has 3 heteroatoms. The molecular weight excluding hydrogens is 1390 g/mol. The van der Waals surface area contributed by atoms with Gasteiger partial charge in [-0.1, -0.05) is 219 Å². The Morgan fingerprint density at radius 1 is 0.287 bits per heavy atom. The molecule has 7 aromatic rings. The van der Waals surface area contributed by atoms with E-state index in [0.29, 0.717) is 11.2 Å². The summed E-state index contributed by atoms with van der Waals surface area (Å²) in [7, 11) is 0. The van der Waals surface area contributed by atoms with Gasteiger partial charge in [-0.3, -0.25) is 4.79 Å². The SMILES string of the molecule is C=C1CCc2c1cc1c(c2C(C)(C)C)CCC1.CC(C)(C)c1c2c(cc3c1C(=O)CC3)CCC2.CC(C)(C)c1c2c(cc3c1CCC3)C=CC2.CC(C)(C)c1c2c(cc3c1CCC3)CC=C2.CC(C)(C)c1c2c(cc3c1CCO3)CCC2.CC(C)(C)c1c2c(cc3c1OCC3)CCC2.Cc1c2c(c(C(C)(C)C)c3c1CCC3)C=CC2. The van der Waals surface area contributed by atoms with Crippen LogP contribution in [0.15, 0.2) is 61.2 Å². The van der Waals surface area contributed by atoms with E-state index in [0.717, 1.165) is 63.7 Å². The van der Waals surface area contributed by atoms with Crippen LogP contribution >= 0.6 is 0 Å². The molecule has 0 N–H and O–H groups in total. The molecule has 21 rings (SSSR count). The van der Waals surface area contributed by atoms with E-state index in [4.69, 9.17) is 9.47 Å². The van der Waals surface area contributed by atoms with Gasteiger partial charge in [0.25, 0.3) is 0 Å². The molecule has 0 spiro atoms. The number of hydrogen-bond donors (Lipinski definition) is 0. The predicted octanol–water partition coefficient (Wildman–Crippen LogP) is 27.3. The largest absolute Gasteiger partial charge is 0.493 e. The zero-order chi connectivity index (χ0) is 82.0. The number of carbonyl (C=O) groups excluding carboxylic acids is 1. The third-order valence-corrected chi connectivity index (χ3v) is 28.3. The molecule has 3 nitrogen and oxygen atoms in total. The Balaban J connectivity index is 0.000000106. The number of rotatable bonds is 0. The lowest BCUT2D eigenvalue weighted by molar-refractivity contribution is 0.0992. The van der Waals surface area contributed by atoms with Crippen LogP contribution < -0.4 is 9.47 Å². The van der Waals surface area contributed by atoms with Gasteiger partial charge < -0.3 is 9.47 Å². The normalized spacial score (nSPS) is 18.0. The molecule has 0 bridgehead atoms. The van der Waals surface area contributed by atoms with E-state index in [1.807, 2.05) is 0 Å². The van der Waals surface area contributed by atoms with Crippen molar-refractivity contribution in [3.63, 3.8) is 0 Å². The Kier molecular flexibility index (Phi) is 22.7. The summed E-state index contributed by atoms with van der Waals surface area (Å²) in [5.74, 6) is 2.76. The Morgan fingerprint density at radius 2 is 0.696 bits per heavy atom. The number of fused-ring (bicyclic) bond motifs is 14. The fraction of sp³-hybridized carbons (Fsp3) is 0.545. The highest BCUT2D eigenvalue weighted by atomic mass is 16.5. The summed E-state index contributed by atoms with van der Waals surface area (Å²) in [5.41, 5.74) is 56.1. The second-order valence-electron chi connectivity index (χ2n) is 44.1. The molecule has 14 aliphatic rings. The van der Waals surface area contributed by atoms with Gasteiger partial charge >= 0.3 is 0 Å². The Bertz CT molecular complexity index is 4920. The molecule has 0 fully saturated rings. The fourth-order valence-electron chi connectivity index (χ4n) is 24.2. The third-order valence-electron chi connectivity index (χ3n) is 28.3. The highest BCUT2D eigenvalue weighted by Gasteiger charge is 2.39. The van der Waals surface area contributed by atoms with Gasteiger partial charge in [-0.05, 0) is 402 Å². The number of ketones is 1. The van der Waals surface area contributed by atoms with Crippen LogP contribution in [0.5, 0.6) is 11.5 Å². The minimum absolute atomic E-state index is 0.0970. The number of ether oxygens (including phenoxy) is 2. The first-order valence-electron chi connectivity index (χ1n) is 46.0. The van der Waals surface area contributed by atoms with Crippen LogP contribution in [0, 0.1) is 6.92 Å². The number of carbonyl (C=O) groups is 1. The number of hydrogen-bond acceptors (Lipinski definition) is 3. The van der Waals surface area contributed by atoms with Gasteiger partial charge in [0.05, 0.1) is 13.2 Å². The number of benzene rings is 7. The summed E-state index contributed by atoms with van der Waals surface area (Å²) in [6.07, 6.45) is 50.8. The monoisotopic (exact) mass is 1540 g/mol. The second-order valence-corrected chi connectivity index (χ2v) is 44.1. The molecule has 0 unspecified atom stereocenters. The lowest BCUT2D eigenvalue weighted by atomic mass is 9.77. The van der Waals surface area contributed by atoms with Crippen molar-refractivity contribution in [3.05, 3.63) is 250 Å². The summed E-state index contributed by atoms with van der Waals surface area (Å²) < 4.78 is 11.6. The van der Waals surface area contributed by atoms with Gasteiger partial charge in [-0.15, -0.1) is 0 Å². The summed E-state index contributed by atoms with van der Waals surface area (Å²) in [6.45, 7) is 57.3. The van der Waals surface area contributed by atoms with Crippen molar-refractivity contribution >= 4 is 29.6 Å². The summed E-state index contributed by atoms with van der Waals surface area (Å²) >= 11 is 0. The second kappa shape index (κ2) is 31.5. The topological polar surface area (TPSA) is 35.5 Å². The highest BCUT2D eigenvalue weighted by Crippen LogP contribution is 2.51. The zero-order valence-electron chi connectivity index (χ0n) is 76.0. The van der Waals surface area contributed by atoms with Crippen LogP contribution in [0.25, 0.3) is 23.8 Å². The summed E-state index contributed by atoms with van der Waals surface area (Å²) in [6, 6.07) is 14.4. The number of allylic oxidation sites excluding steroid dienone is 4. The van der Waals surface area contributed by atoms with Gasteiger partial charge in [-0.25, -0.2) is 0 Å². The van der Waals surface area contributed by atoms with Crippen LogP contribution in [-0.4, -0.2) is 19.0 Å². The van der Waals surface area contributed by atoms with Crippen LogP contribution in [0.4, 0.5) is 0 Å². The number of Topliss-reactive ketones (excluding diaryl/α,β-unsaturated/α-hetero) is 1. The quantitative estimate of drug-likeness (QED) is 0.152. The lowest BCUT2D eigenvalue weighted by Crippen LogP contribution is -2.19. The van der Waals surface area contributed by atoms with Gasteiger partial charge in [0.15, 0.2) is 5.78 Å². The van der Waals surface area contributed by atoms with E-state index in [2.05, 4.69) is 232 Å². The molecule has 7 aromatic carbocycles. The molecule has 2 aliphatic heterocycles. The lowest BCUT2D eigenvalue weighted by Gasteiger charge is -2.27. The molecule has 0 saturated carbocycles. The third kappa shape index (κ3) is 16.2. The smallest absolute Gasteiger partial charge is 0.163 e.